The highest BCUT2D eigenvalue weighted by Crippen LogP contribution is 2.35. The van der Waals surface area contributed by atoms with Gasteiger partial charge >= 0.3 is 0 Å². The second kappa shape index (κ2) is 5.09. The van der Waals surface area contributed by atoms with E-state index in [4.69, 9.17) is 10.5 Å². The van der Waals surface area contributed by atoms with Gasteiger partial charge in [0.2, 0.25) is 0 Å². The molecule has 0 aliphatic carbocycles. The first-order valence-electron chi connectivity index (χ1n) is 6.24. The highest BCUT2D eigenvalue weighted by atomic mass is 16.5. The van der Waals surface area contributed by atoms with Crippen molar-refractivity contribution in [2.45, 2.75) is 51.5 Å². The Kier molecular flexibility index (Phi) is 4.21. The summed E-state index contributed by atoms with van der Waals surface area (Å²) in [5.74, 6) is 0.902. The molecular weight excluding hydrogens is 210 g/mol. The van der Waals surface area contributed by atoms with Crippen LogP contribution >= 0.6 is 0 Å². The van der Waals surface area contributed by atoms with E-state index < -0.39 is 0 Å². The smallest absolute Gasteiger partial charge is 0.118 e. The van der Waals surface area contributed by atoms with Gasteiger partial charge in [-0.3, -0.25) is 0 Å². The normalized spacial score (nSPS) is 15.4. The Bertz CT molecular complexity index is 350. The largest absolute Gasteiger partial charge is 0.497 e. The van der Waals surface area contributed by atoms with Crippen molar-refractivity contribution >= 4 is 0 Å². The maximum absolute atomic E-state index is 6.17. The van der Waals surface area contributed by atoms with Gasteiger partial charge in [0.15, 0.2) is 0 Å². The number of benzene rings is 1. The summed E-state index contributed by atoms with van der Waals surface area (Å²) < 4.78 is 5.19. The van der Waals surface area contributed by atoms with Gasteiger partial charge < -0.3 is 10.5 Å². The van der Waals surface area contributed by atoms with Crippen LogP contribution < -0.4 is 10.5 Å². The standard InChI is InChI=1S/C15H25NO/c1-6-15(4,11-14(2,3)16)12-7-9-13(17-5)10-8-12/h7-10H,6,11,16H2,1-5H3. The zero-order valence-electron chi connectivity index (χ0n) is 11.7. The Labute approximate surface area is 105 Å². The van der Waals surface area contributed by atoms with Crippen LogP contribution in [0.4, 0.5) is 0 Å². The van der Waals surface area contributed by atoms with Gasteiger partial charge in [-0.1, -0.05) is 26.0 Å². The number of methoxy groups -OCH3 is 1. The number of hydrogen-bond donors (Lipinski definition) is 1. The Morgan fingerprint density at radius 1 is 1.12 bits per heavy atom. The van der Waals surface area contributed by atoms with Crippen molar-refractivity contribution in [3.05, 3.63) is 29.8 Å². The minimum Gasteiger partial charge on any atom is -0.497 e. The molecule has 0 bridgehead atoms. The minimum absolute atomic E-state index is 0.129. The predicted octanol–water partition coefficient (Wildman–Crippen LogP) is 3.49. The van der Waals surface area contributed by atoms with E-state index in [0.717, 1.165) is 18.6 Å². The zero-order chi connectivity index (χ0) is 13.1. The first-order chi connectivity index (χ1) is 7.80. The molecule has 0 saturated carbocycles. The molecule has 0 heterocycles. The van der Waals surface area contributed by atoms with E-state index in [1.807, 2.05) is 12.1 Å². The fourth-order valence-electron chi connectivity index (χ4n) is 2.43. The molecule has 2 N–H and O–H groups in total. The third kappa shape index (κ3) is 3.74. The third-order valence-electron chi connectivity index (χ3n) is 3.41. The number of nitrogens with two attached hydrogens (primary N) is 1. The SMILES string of the molecule is CCC(C)(CC(C)(C)N)c1ccc(OC)cc1. The molecule has 1 aromatic rings. The van der Waals surface area contributed by atoms with Crippen molar-refractivity contribution in [2.75, 3.05) is 7.11 Å². The van der Waals surface area contributed by atoms with E-state index in [1.54, 1.807) is 7.11 Å². The van der Waals surface area contributed by atoms with Gasteiger partial charge in [0.05, 0.1) is 7.11 Å². The quantitative estimate of drug-likeness (QED) is 0.848. The molecule has 0 amide bonds. The van der Waals surface area contributed by atoms with Gasteiger partial charge in [-0.15, -0.1) is 0 Å². The molecule has 0 radical (unpaired) electrons. The van der Waals surface area contributed by atoms with Gasteiger partial charge in [0.1, 0.15) is 5.75 Å². The fourth-order valence-corrected chi connectivity index (χ4v) is 2.43. The van der Waals surface area contributed by atoms with Gasteiger partial charge in [0, 0.05) is 5.54 Å². The van der Waals surface area contributed by atoms with Crippen LogP contribution in [0.2, 0.25) is 0 Å². The summed E-state index contributed by atoms with van der Waals surface area (Å²) in [6.45, 7) is 8.67. The molecule has 96 valence electrons. The molecule has 0 saturated heterocycles. The van der Waals surface area contributed by atoms with Crippen LogP contribution in [0.1, 0.15) is 46.1 Å². The molecule has 0 aromatic heterocycles. The van der Waals surface area contributed by atoms with Crippen molar-refractivity contribution in [3.8, 4) is 5.75 Å². The molecular formula is C15H25NO. The summed E-state index contributed by atoms with van der Waals surface area (Å²) in [7, 11) is 1.69. The van der Waals surface area contributed by atoms with Gasteiger partial charge in [0.25, 0.3) is 0 Å². The third-order valence-corrected chi connectivity index (χ3v) is 3.41. The van der Waals surface area contributed by atoms with Crippen molar-refractivity contribution < 1.29 is 4.74 Å². The lowest BCUT2D eigenvalue weighted by molar-refractivity contribution is 0.318. The lowest BCUT2D eigenvalue weighted by atomic mass is 9.72. The van der Waals surface area contributed by atoms with Crippen LogP contribution in [0.5, 0.6) is 5.75 Å². The molecule has 2 heteroatoms. The Hall–Kier alpha value is -1.02. The molecule has 1 atom stereocenters. The van der Waals surface area contributed by atoms with E-state index in [0.29, 0.717) is 0 Å². The molecule has 1 rings (SSSR count). The van der Waals surface area contributed by atoms with Crippen molar-refractivity contribution in [1.82, 2.24) is 0 Å². The second-order valence-corrected chi connectivity index (χ2v) is 5.81. The second-order valence-electron chi connectivity index (χ2n) is 5.81. The van der Waals surface area contributed by atoms with E-state index in [9.17, 15) is 0 Å². The highest BCUT2D eigenvalue weighted by molar-refractivity contribution is 5.32. The van der Waals surface area contributed by atoms with Crippen molar-refractivity contribution in [2.24, 2.45) is 5.73 Å². The lowest BCUT2D eigenvalue weighted by Crippen LogP contribution is -2.40. The summed E-state index contributed by atoms with van der Waals surface area (Å²) in [5, 5.41) is 0. The average molecular weight is 235 g/mol. The van der Waals surface area contributed by atoms with Crippen LogP contribution in [0.15, 0.2) is 24.3 Å². The molecule has 17 heavy (non-hydrogen) atoms. The van der Waals surface area contributed by atoms with E-state index >= 15 is 0 Å². The van der Waals surface area contributed by atoms with Crippen LogP contribution in [-0.4, -0.2) is 12.6 Å². The molecule has 1 unspecified atom stereocenters. The lowest BCUT2D eigenvalue weighted by Gasteiger charge is -2.35. The molecule has 1 aromatic carbocycles. The number of ether oxygens (including phenoxy) is 1. The van der Waals surface area contributed by atoms with Crippen molar-refractivity contribution in [3.63, 3.8) is 0 Å². The summed E-state index contributed by atoms with van der Waals surface area (Å²) in [6, 6.07) is 8.33. The summed E-state index contributed by atoms with van der Waals surface area (Å²) in [5.41, 5.74) is 7.48. The van der Waals surface area contributed by atoms with Crippen LogP contribution in [0, 0.1) is 0 Å². The summed E-state index contributed by atoms with van der Waals surface area (Å²) in [6.07, 6.45) is 2.06. The molecule has 0 aliphatic rings. The topological polar surface area (TPSA) is 35.2 Å². The fraction of sp³-hybridized carbons (Fsp3) is 0.600. The predicted molar refractivity (Wildman–Crippen MR) is 73.5 cm³/mol. The van der Waals surface area contributed by atoms with E-state index in [-0.39, 0.29) is 11.0 Å². The minimum atomic E-state index is -0.148. The molecule has 0 aliphatic heterocycles. The monoisotopic (exact) mass is 235 g/mol. The first kappa shape index (κ1) is 14.0. The van der Waals surface area contributed by atoms with Crippen LogP contribution in [-0.2, 0) is 5.41 Å². The van der Waals surface area contributed by atoms with E-state index in [1.165, 1.54) is 5.56 Å². The highest BCUT2D eigenvalue weighted by Gasteiger charge is 2.30. The molecule has 0 fully saturated rings. The van der Waals surface area contributed by atoms with Gasteiger partial charge in [-0.25, -0.2) is 0 Å². The van der Waals surface area contributed by atoms with E-state index in [2.05, 4.69) is 39.8 Å². The van der Waals surface area contributed by atoms with Crippen LogP contribution in [0.25, 0.3) is 0 Å². The Balaban J connectivity index is 2.99. The number of rotatable bonds is 5. The first-order valence-corrected chi connectivity index (χ1v) is 6.24. The molecule has 0 spiro atoms. The zero-order valence-corrected chi connectivity index (χ0v) is 11.7. The summed E-state index contributed by atoms with van der Waals surface area (Å²) >= 11 is 0. The number of hydrogen-bond acceptors (Lipinski definition) is 2. The Morgan fingerprint density at radius 3 is 2.00 bits per heavy atom. The van der Waals surface area contributed by atoms with Gasteiger partial charge in [-0.05, 0) is 49.8 Å². The van der Waals surface area contributed by atoms with Gasteiger partial charge in [-0.2, -0.15) is 0 Å². The average Bonchev–Trinajstić information content (AvgIpc) is 2.27. The summed E-state index contributed by atoms with van der Waals surface area (Å²) in [4.78, 5) is 0. The molecule has 2 nitrogen and oxygen atoms in total. The Morgan fingerprint density at radius 2 is 1.65 bits per heavy atom. The maximum Gasteiger partial charge on any atom is 0.118 e. The van der Waals surface area contributed by atoms with Crippen LogP contribution in [0.3, 0.4) is 0 Å². The maximum atomic E-state index is 6.17. The van der Waals surface area contributed by atoms with Crippen molar-refractivity contribution in [1.29, 1.82) is 0 Å².